The van der Waals surface area contributed by atoms with Crippen LogP contribution in [0.1, 0.15) is 42.4 Å². The molecule has 2 heterocycles. The van der Waals surface area contributed by atoms with Crippen molar-refractivity contribution < 1.29 is 9.84 Å². The smallest absolute Gasteiger partial charge is 0.246 e. The zero-order valence-corrected chi connectivity index (χ0v) is 18.8. The fraction of sp³-hybridized carbons (Fsp3) is 0.400. The van der Waals surface area contributed by atoms with Gasteiger partial charge in [-0.15, -0.1) is 0 Å². The van der Waals surface area contributed by atoms with E-state index >= 15 is 0 Å². The molecule has 3 aromatic rings. The Bertz CT molecular complexity index is 1070. The third kappa shape index (κ3) is 5.53. The van der Waals surface area contributed by atoms with E-state index in [4.69, 9.17) is 4.74 Å². The molecular formula is C25H31N5O2. The van der Waals surface area contributed by atoms with Crippen LogP contribution in [0.5, 0.6) is 5.75 Å². The van der Waals surface area contributed by atoms with E-state index in [-0.39, 0.29) is 0 Å². The van der Waals surface area contributed by atoms with Crippen LogP contribution in [0.3, 0.4) is 0 Å². The van der Waals surface area contributed by atoms with Crippen LogP contribution >= 0.6 is 0 Å². The van der Waals surface area contributed by atoms with Gasteiger partial charge >= 0.3 is 0 Å². The first-order valence-corrected chi connectivity index (χ1v) is 11.3. The van der Waals surface area contributed by atoms with E-state index in [1.165, 1.54) is 19.3 Å². The summed E-state index contributed by atoms with van der Waals surface area (Å²) in [7, 11) is 0. The summed E-state index contributed by atoms with van der Waals surface area (Å²) in [6.45, 7) is 6.41. The highest BCUT2D eigenvalue weighted by molar-refractivity contribution is 5.90. The van der Waals surface area contributed by atoms with Crippen LogP contribution in [-0.2, 0) is 4.74 Å². The molecular weight excluding hydrogens is 402 g/mol. The lowest BCUT2D eigenvalue weighted by atomic mass is 9.95. The maximum atomic E-state index is 9.94. The fourth-order valence-electron chi connectivity index (χ4n) is 4.12. The second-order valence-corrected chi connectivity index (χ2v) is 8.41. The summed E-state index contributed by atoms with van der Waals surface area (Å²) in [5.41, 5.74) is 6.36. The third-order valence-corrected chi connectivity index (χ3v) is 5.92. The van der Waals surface area contributed by atoms with Crippen molar-refractivity contribution in [1.82, 2.24) is 9.97 Å². The lowest BCUT2D eigenvalue weighted by Gasteiger charge is -2.21. The van der Waals surface area contributed by atoms with Gasteiger partial charge in [0.2, 0.25) is 5.95 Å². The van der Waals surface area contributed by atoms with Gasteiger partial charge in [0.25, 0.3) is 0 Å². The fourth-order valence-corrected chi connectivity index (χ4v) is 4.12. The van der Waals surface area contributed by atoms with Crippen LogP contribution in [0, 0.1) is 19.8 Å². The number of aryl methyl sites for hydroxylation is 2. The van der Waals surface area contributed by atoms with Crippen molar-refractivity contribution in [3.8, 4) is 5.75 Å². The van der Waals surface area contributed by atoms with Crippen molar-refractivity contribution >= 4 is 28.9 Å². The number of hydrazone groups is 1. The minimum Gasteiger partial charge on any atom is -0.507 e. The molecule has 1 fully saturated rings. The largest absolute Gasteiger partial charge is 0.507 e. The standard InChI is InChI=1S/C25H31N5O2/c1-17-14-20(15-18(2)23(17)31)16-27-30-25-28-22-8-4-3-7-21(22)24(29-25)26-11-5-6-19-9-12-32-13-10-19/h3-4,7-8,14-16,19,31H,5-6,9-13H2,1-2H3,(H2,26,28,29,30)/b27-16-. The van der Waals surface area contributed by atoms with Gasteiger partial charge < -0.3 is 15.2 Å². The van der Waals surface area contributed by atoms with Gasteiger partial charge in [0, 0.05) is 25.1 Å². The average Bonchev–Trinajstić information content (AvgIpc) is 2.81. The second kappa shape index (κ2) is 10.4. The van der Waals surface area contributed by atoms with Crippen LogP contribution < -0.4 is 10.7 Å². The van der Waals surface area contributed by atoms with Crippen molar-refractivity contribution in [1.29, 1.82) is 0 Å². The van der Waals surface area contributed by atoms with Crippen molar-refractivity contribution in [2.45, 2.75) is 39.5 Å². The molecule has 0 aliphatic carbocycles. The molecule has 0 atom stereocenters. The van der Waals surface area contributed by atoms with Gasteiger partial charge in [0.05, 0.1) is 11.7 Å². The van der Waals surface area contributed by atoms with Crippen molar-refractivity contribution in [2.75, 3.05) is 30.5 Å². The molecule has 1 aliphatic heterocycles. The predicted molar refractivity (Wildman–Crippen MR) is 130 cm³/mol. The van der Waals surface area contributed by atoms with E-state index in [1.54, 1.807) is 6.21 Å². The number of nitrogens with one attached hydrogen (secondary N) is 2. The zero-order valence-electron chi connectivity index (χ0n) is 18.8. The molecule has 0 amide bonds. The Labute approximate surface area is 188 Å². The Hall–Kier alpha value is -3.19. The first-order chi connectivity index (χ1) is 15.6. The number of phenols is 1. The van der Waals surface area contributed by atoms with Crippen LogP contribution in [0.2, 0.25) is 0 Å². The van der Waals surface area contributed by atoms with Crippen LogP contribution in [0.4, 0.5) is 11.8 Å². The monoisotopic (exact) mass is 433 g/mol. The molecule has 3 N–H and O–H groups in total. The number of hydrogen-bond acceptors (Lipinski definition) is 7. The highest BCUT2D eigenvalue weighted by Crippen LogP contribution is 2.24. The quantitative estimate of drug-likeness (QED) is 0.263. The second-order valence-electron chi connectivity index (χ2n) is 8.41. The van der Waals surface area contributed by atoms with Gasteiger partial charge in [-0.05, 0) is 86.4 Å². The number of fused-ring (bicyclic) bond motifs is 1. The summed E-state index contributed by atoms with van der Waals surface area (Å²) in [5, 5.41) is 18.7. The van der Waals surface area contributed by atoms with Gasteiger partial charge in [-0.3, -0.25) is 0 Å². The molecule has 4 rings (SSSR count). The van der Waals surface area contributed by atoms with Gasteiger partial charge in [0.1, 0.15) is 11.6 Å². The first kappa shape index (κ1) is 22.0. The minimum atomic E-state index is 0.320. The van der Waals surface area contributed by atoms with Gasteiger partial charge in [0.15, 0.2) is 0 Å². The van der Waals surface area contributed by atoms with Crippen LogP contribution in [0.25, 0.3) is 10.9 Å². The Morgan fingerprint density at radius 2 is 1.88 bits per heavy atom. The number of anilines is 2. The molecule has 2 aromatic carbocycles. The van der Waals surface area contributed by atoms with E-state index in [1.807, 2.05) is 50.2 Å². The molecule has 32 heavy (non-hydrogen) atoms. The number of rotatable bonds is 8. The molecule has 168 valence electrons. The van der Waals surface area contributed by atoms with Crippen molar-refractivity contribution in [2.24, 2.45) is 11.0 Å². The van der Waals surface area contributed by atoms with Crippen molar-refractivity contribution in [3.63, 3.8) is 0 Å². The van der Waals surface area contributed by atoms with E-state index in [0.717, 1.165) is 65.5 Å². The maximum Gasteiger partial charge on any atom is 0.246 e. The van der Waals surface area contributed by atoms with Crippen LogP contribution in [0.15, 0.2) is 41.5 Å². The average molecular weight is 434 g/mol. The minimum absolute atomic E-state index is 0.320. The number of para-hydroxylation sites is 1. The molecule has 1 aromatic heterocycles. The van der Waals surface area contributed by atoms with E-state index in [2.05, 4.69) is 25.8 Å². The summed E-state index contributed by atoms with van der Waals surface area (Å²) in [6, 6.07) is 11.8. The lowest BCUT2D eigenvalue weighted by molar-refractivity contribution is 0.0636. The Morgan fingerprint density at radius 3 is 2.66 bits per heavy atom. The highest BCUT2D eigenvalue weighted by atomic mass is 16.5. The predicted octanol–water partition coefficient (Wildman–Crippen LogP) is 5.02. The first-order valence-electron chi connectivity index (χ1n) is 11.3. The molecule has 0 bridgehead atoms. The number of nitrogens with zero attached hydrogens (tertiary/aromatic N) is 3. The topological polar surface area (TPSA) is 91.7 Å². The van der Waals surface area contributed by atoms with E-state index in [9.17, 15) is 5.11 Å². The zero-order chi connectivity index (χ0) is 22.3. The molecule has 0 unspecified atom stereocenters. The molecule has 1 saturated heterocycles. The van der Waals surface area contributed by atoms with Crippen LogP contribution in [-0.4, -0.2) is 41.0 Å². The lowest BCUT2D eigenvalue weighted by Crippen LogP contribution is -2.16. The number of hydrogen-bond donors (Lipinski definition) is 3. The number of aromatic nitrogens is 2. The summed E-state index contributed by atoms with van der Waals surface area (Å²) in [5.74, 6) is 2.35. The number of ether oxygens (including phenoxy) is 1. The molecule has 0 spiro atoms. The summed E-state index contributed by atoms with van der Waals surface area (Å²) < 4.78 is 5.45. The van der Waals surface area contributed by atoms with Gasteiger partial charge in [-0.1, -0.05) is 12.1 Å². The summed E-state index contributed by atoms with van der Waals surface area (Å²) in [4.78, 5) is 9.25. The highest BCUT2D eigenvalue weighted by Gasteiger charge is 2.13. The molecule has 7 nitrogen and oxygen atoms in total. The number of aromatic hydroxyl groups is 1. The summed E-state index contributed by atoms with van der Waals surface area (Å²) in [6.07, 6.45) is 6.36. The normalized spacial score (nSPS) is 14.8. The Balaban J connectivity index is 1.43. The number of benzene rings is 2. The maximum absolute atomic E-state index is 9.94. The van der Waals surface area contributed by atoms with E-state index in [0.29, 0.717) is 11.7 Å². The molecule has 0 saturated carbocycles. The van der Waals surface area contributed by atoms with Gasteiger partial charge in [-0.25, -0.2) is 10.4 Å². The number of phenolic OH excluding ortho intramolecular Hbond substituents is 1. The molecule has 7 heteroatoms. The van der Waals surface area contributed by atoms with Crippen molar-refractivity contribution in [3.05, 3.63) is 53.1 Å². The SMILES string of the molecule is Cc1cc(/C=N\Nc2nc(NCCCC3CCOCC3)c3ccccc3n2)cc(C)c1O. The third-order valence-electron chi connectivity index (χ3n) is 5.92. The Kier molecular flexibility index (Phi) is 7.17. The van der Waals surface area contributed by atoms with E-state index < -0.39 is 0 Å². The summed E-state index contributed by atoms with van der Waals surface area (Å²) >= 11 is 0. The van der Waals surface area contributed by atoms with Gasteiger partial charge in [-0.2, -0.15) is 10.1 Å². The Morgan fingerprint density at radius 1 is 1.12 bits per heavy atom. The molecule has 1 aliphatic rings. The molecule has 0 radical (unpaired) electrons.